The van der Waals surface area contributed by atoms with Crippen molar-refractivity contribution >= 4 is 11.6 Å². The number of anilines is 1. The fourth-order valence-corrected chi connectivity index (χ4v) is 3.80. The second kappa shape index (κ2) is 11.7. The monoisotopic (exact) mass is 442 g/mol. The van der Waals surface area contributed by atoms with Crippen LogP contribution < -0.4 is 14.8 Å². The van der Waals surface area contributed by atoms with Gasteiger partial charge in [-0.1, -0.05) is 44.0 Å². The quantitative estimate of drug-likeness (QED) is 0.371. The Morgan fingerprint density at radius 1 is 0.970 bits per heavy atom. The van der Waals surface area contributed by atoms with Gasteiger partial charge in [-0.25, -0.2) is 0 Å². The summed E-state index contributed by atoms with van der Waals surface area (Å²) in [6.45, 7) is 2.12. The maximum absolute atomic E-state index is 12.4. The van der Waals surface area contributed by atoms with E-state index >= 15 is 0 Å². The normalized spacial score (nSPS) is 10.4. The van der Waals surface area contributed by atoms with Crippen LogP contribution >= 0.6 is 0 Å². The van der Waals surface area contributed by atoms with E-state index in [1.54, 1.807) is 20.3 Å². The van der Waals surface area contributed by atoms with Gasteiger partial charge in [0.15, 0.2) is 0 Å². The van der Waals surface area contributed by atoms with Crippen LogP contribution in [0.15, 0.2) is 60.7 Å². The predicted molar refractivity (Wildman–Crippen MR) is 132 cm³/mol. The Hall–Kier alpha value is -3.78. The molecule has 0 fully saturated rings. The molecule has 5 heteroatoms. The summed E-state index contributed by atoms with van der Waals surface area (Å²) >= 11 is 0. The lowest BCUT2D eigenvalue weighted by atomic mass is 9.93. The fourth-order valence-electron chi connectivity index (χ4n) is 3.80. The number of hydrogen-bond acceptors (Lipinski definition) is 4. The number of hydrogen-bond donors (Lipinski definition) is 1. The van der Waals surface area contributed by atoms with E-state index in [1.807, 2.05) is 54.6 Å². The Balaban J connectivity index is 1.97. The maximum atomic E-state index is 12.4. The molecule has 1 N–H and O–H groups in total. The molecule has 3 aromatic rings. The first-order chi connectivity index (χ1) is 16.1. The molecule has 170 valence electrons. The van der Waals surface area contributed by atoms with Gasteiger partial charge in [0.25, 0.3) is 0 Å². The molecule has 0 aliphatic carbocycles. The first kappa shape index (κ1) is 23.9. The summed E-state index contributed by atoms with van der Waals surface area (Å²) in [7, 11) is 3.27. The van der Waals surface area contributed by atoms with Gasteiger partial charge in [0.1, 0.15) is 11.5 Å². The van der Waals surface area contributed by atoms with Crippen molar-refractivity contribution < 1.29 is 14.3 Å². The Labute approximate surface area is 196 Å². The molecule has 0 aliphatic heterocycles. The minimum atomic E-state index is 0.0183. The van der Waals surface area contributed by atoms with Crippen molar-refractivity contribution in [2.24, 2.45) is 0 Å². The summed E-state index contributed by atoms with van der Waals surface area (Å²) in [5.74, 6) is 1.50. The van der Waals surface area contributed by atoms with Crippen molar-refractivity contribution in [2.75, 3.05) is 19.5 Å². The smallest absolute Gasteiger partial charge is 0.224 e. The highest BCUT2D eigenvalue weighted by Gasteiger charge is 2.13. The summed E-state index contributed by atoms with van der Waals surface area (Å²) in [5.41, 5.74) is 5.33. The van der Waals surface area contributed by atoms with Crippen LogP contribution in [-0.2, 0) is 11.2 Å². The Kier molecular flexibility index (Phi) is 8.49. The van der Waals surface area contributed by atoms with Crippen molar-refractivity contribution in [1.82, 2.24) is 0 Å². The fraction of sp³-hybridized carbons (Fsp3) is 0.286. The largest absolute Gasteiger partial charge is 0.497 e. The number of carbonyl (C=O) groups excluding carboxylic acids is 1. The molecule has 0 aliphatic rings. The highest BCUT2D eigenvalue weighted by Crippen LogP contribution is 2.33. The van der Waals surface area contributed by atoms with Crippen LogP contribution in [0, 0.1) is 11.3 Å². The predicted octanol–water partition coefficient (Wildman–Crippen LogP) is 6.35. The number of amides is 1. The first-order valence-corrected chi connectivity index (χ1v) is 11.2. The van der Waals surface area contributed by atoms with Gasteiger partial charge in [-0.05, 0) is 59.0 Å². The zero-order chi connectivity index (χ0) is 23.6. The van der Waals surface area contributed by atoms with Crippen molar-refractivity contribution in [1.29, 1.82) is 5.26 Å². The Morgan fingerprint density at radius 2 is 1.79 bits per heavy atom. The van der Waals surface area contributed by atoms with Gasteiger partial charge in [0.2, 0.25) is 5.91 Å². The second-order valence-electron chi connectivity index (χ2n) is 7.92. The van der Waals surface area contributed by atoms with Crippen LogP contribution in [0.1, 0.15) is 49.3 Å². The molecule has 33 heavy (non-hydrogen) atoms. The van der Waals surface area contributed by atoms with Crippen LogP contribution in [-0.4, -0.2) is 20.1 Å². The van der Waals surface area contributed by atoms with E-state index in [0.29, 0.717) is 18.4 Å². The SMILES string of the molecule is CCCCCC(=O)Nc1ccc(Cc2ccc(OC)cc2OC)c(-c2cccc(C#N)c2)c1. The molecule has 0 unspecified atom stereocenters. The van der Waals surface area contributed by atoms with Crippen molar-refractivity contribution in [3.8, 4) is 28.7 Å². The van der Waals surface area contributed by atoms with E-state index in [2.05, 4.69) is 18.3 Å². The van der Waals surface area contributed by atoms with E-state index in [4.69, 9.17) is 9.47 Å². The summed E-state index contributed by atoms with van der Waals surface area (Å²) in [5, 5.41) is 12.4. The van der Waals surface area contributed by atoms with Crippen LogP contribution in [0.3, 0.4) is 0 Å². The molecule has 5 nitrogen and oxygen atoms in total. The first-order valence-electron chi connectivity index (χ1n) is 11.2. The maximum Gasteiger partial charge on any atom is 0.224 e. The van der Waals surface area contributed by atoms with Crippen LogP contribution in [0.25, 0.3) is 11.1 Å². The van der Waals surface area contributed by atoms with Gasteiger partial charge in [0, 0.05) is 24.6 Å². The van der Waals surface area contributed by atoms with Gasteiger partial charge < -0.3 is 14.8 Å². The lowest BCUT2D eigenvalue weighted by molar-refractivity contribution is -0.116. The summed E-state index contributed by atoms with van der Waals surface area (Å²) < 4.78 is 10.9. The van der Waals surface area contributed by atoms with E-state index in [-0.39, 0.29) is 5.91 Å². The topological polar surface area (TPSA) is 71.3 Å². The molecular formula is C28H30N2O3. The summed E-state index contributed by atoms with van der Waals surface area (Å²) in [6.07, 6.45) is 4.15. The third kappa shape index (κ3) is 6.36. The van der Waals surface area contributed by atoms with Crippen molar-refractivity contribution in [2.45, 2.75) is 39.0 Å². The summed E-state index contributed by atoms with van der Waals surface area (Å²) in [6, 6.07) is 21.5. The molecule has 0 radical (unpaired) electrons. The molecule has 0 saturated heterocycles. The average molecular weight is 443 g/mol. The molecule has 0 heterocycles. The van der Waals surface area contributed by atoms with Gasteiger partial charge in [-0.2, -0.15) is 5.26 Å². The molecule has 0 aromatic heterocycles. The minimum Gasteiger partial charge on any atom is -0.497 e. The number of nitriles is 1. The van der Waals surface area contributed by atoms with E-state index in [1.165, 1.54) is 0 Å². The van der Waals surface area contributed by atoms with Crippen LogP contribution in [0.5, 0.6) is 11.5 Å². The zero-order valence-electron chi connectivity index (χ0n) is 19.5. The lowest BCUT2D eigenvalue weighted by Crippen LogP contribution is -2.11. The molecule has 0 saturated carbocycles. The van der Waals surface area contributed by atoms with E-state index in [0.717, 1.165) is 58.7 Å². The number of ether oxygens (including phenoxy) is 2. The number of nitrogens with one attached hydrogen (secondary N) is 1. The number of methoxy groups -OCH3 is 2. The standard InChI is InChI=1S/C28H30N2O3/c1-4-5-6-10-28(31)30-24-13-11-22(16-23-12-14-25(32-2)18-27(23)33-3)26(17-24)21-9-7-8-20(15-21)19-29/h7-9,11-15,17-18H,4-6,10,16H2,1-3H3,(H,30,31). The lowest BCUT2D eigenvalue weighted by Gasteiger charge is -2.16. The molecule has 0 spiro atoms. The average Bonchev–Trinajstić information content (AvgIpc) is 2.85. The van der Waals surface area contributed by atoms with Gasteiger partial charge >= 0.3 is 0 Å². The number of unbranched alkanes of at least 4 members (excludes halogenated alkanes) is 2. The van der Waals surface area contributed by atoms with Gasteiger partial charge in [-0.3, -0.25) is 4.79 Å². The molecule has 1 amide bonds. The van der Waals surface area contributed by atoms with Gasteiger partial charge in [-0.15, -0.1) is 0 Å². The zero-order valence-corrected chi connectivity index (χ0v) is 19.5. The molecule has 0 bridgehead atoms. The number of rotatable bonds is 10. The Morgan fingerprint density at radius 3 is 2.52 bits per heavy atom. The molecule has 3 rings (SSSR count). The molecule has 3 aromatic carbocycles. The molecule has 0 atom stereocenters. The molecular weight excluding hydrogens is 412 g/mol. The van der Waals surface area contributed by atoms with E-state index in [9.17, 15) is 10.1 Å². The number of benzene rings is 3. The Bertz CT molecular complexity index is 1150. The second-order valence-corrected chi connectivity index (χ2v) is 7.92. The van der Waals surface area contributed by atoms with Crippen LogP contribution in [0.2, 0.25) is 0 Å². The van der Waals surface area contributed by atoms with Crippen molar-refractivity contribution in [3.63, 3.8) is 0 Å². The highest BCUT2D eigenvalue weighted by molar-refractivity contribution is 5.91. The third-order valence-corrected chi connectivity index (χ3v) is 5.58. The highest BCUT2D eigenvalue weighted by atomic mass is 16.5. The van der Waals surface area contributed by atoms with E-state index < -0.39 is 0 Å². The van der Waals surface area contributed by atoms with Crippen molar-refractivity contribution in [3.05, 3.63) is 77.4 Å². The number of nitrogens with zero attached hydrogens (tertiary/aromatic N) is 1. The van der Waals surface area contributed by atoms with Gasteiger partial charge in [0.05, 0.1) is 25.9 Å². The minimum absolute atomic E-state index is 0.0183. The van der Waals surface area contributed by atoms with Crippen LogP contribution in [0.4, 0.5) is 5.69 Å². The third-order valence-electron chi connectivity index (χ3n) is 5.58. The summed E-state index contributed by atoms with van der Waals surface area (Å²) in [4.78, 5) is 12.4. The number of carbonyl (C=O) groups is 1.